The van der Waals surface area contributed by atoms with Gasteiger partial charge < -0.3 is 15.8 Å². The van der Waals surface area contributed by atoms with Crippen molar-refractivity contribution in [2.45, 2.75) is 20.3 Å². The maximum atomic E-state index is 15.0. The Bertz CT molecular complexity index is 987. The van der Waals surface area contributed by atoms with Gasteiger partial charge in [0.05, 0.1) is 5.69 Å². The first kappa shape index (κ1) is 15.6. The monoisotopic (exact) mass is 338 g/mol. The van der Waals surface area contributed by atoms with E-state index in [1.807, 2.05) is 26.0 Å². The number of halogens is 1. The second-order valence-electron chi connectivity index (χ2n) is 6.16. The SMILES string of the molecule is CCc1c(-c2cc3cc(C)ncc3c(N)c2F)cnc2c1NCCO2. The molecule has 3 heterocycles. The van der Waals surface area contributed by atoms with Crippen molar-refractivity contribution in [3.8, 4) is 17.0 Å². The van der Waals surface area contributed by atoms with Crippen molar-refractivity contribution in [1.29, 1.82) is 0 Å². The molecule has 3 N–H and O–H groups in total. The molecule has 1 aliphatic heterocycles. The third kappa shape index (κ3) is 2.45. The Balaban J connectivity index is 2.00. The molecule has 0 saturated heterocycles. The van der Waals surface area contributed by atoms with Gasteiger partial charge in [0, 0.05) is 41.1 Å². The zero-order valence-electron chi connectivity index (χ0n) is 14.2. The van der Waals surface area contributed by atoms with E-state index in [-0.39, 0.29) is 5.69 Å². The summed E-state index contributed by atoms with van der Waals surface area (Å²) < 4.78 is 20.6. The summed E-state index contributed by atoms with van der Waals surface area (Å²) >= 11 is 0. The van der Waals surface area contributed by atoms with Crippen LogP contribution >= 0.6 is 0 Å². The van der Waals surface area contributed by atoms with Crippen molar-refractivity contribution < 1.29 is 9.13 Å². The first-order valence-electron chi connectivity index (χ1n) is 8.33. The number of nitrogens with zero attached hydrogens (tertiary/aromatic N) is 2. The fourth-order valence-corrected chi connectivity index (χ4v) is 3.35. The largest absolute Gasteiger partial charge is 0.474 e. The van der Waals surface area contributed by atoms with E-state index >= 15 is 4.39 Å². The van der Waals surface area contributed by atoms with Crippen LogP contribution in [0.5, 0.6) is 5.88 Å². The number of benzene rings is 1. The molecule has 0 fully saturated rings. The number of nitrogen functional groups attached to an aromatic ring is 1. The van der Waals surface area contributed by atoms with Crippen LogP contribution in [0.3, 0.4) is 0 Å². The Morgan fingerprint density at radius 2 is 2.08 bits per heavy atom. The smallest absolute Gasteiger partial charge is 0.237 e. The van der Waals surface area contributed by atoms with E-state index in [2.05, 4.69) is 15.3 Å². The molecule has 0 aliphatic carbocycles. The molecule has 1 aromatic carbocycles. The van der Waals surface area contributed by atoms with Crippen LogP contribution in [0.4, 0.5) is 15.8 Å². The molecule has 0 saturated carbocycles. The molecule has 3 aromatic rings. The van der Waals surface area contributed by atoms with Crippen LogP contribution in [-0.2, 0) is 6.42 Å². The van der Waals surface area contributed by atoms with Crippen molar-refractivity contribution in [1.82, 2.24) is 9.97 Å². The molecule has 0 bridgehead atoms. The zero-order valence-corrected chi connectivity index (χ0v) is 14.2. The standard InChI is InChI=1S/C19H19FN4O/c1-3-12-15(9-24-19-18(12)22-4-5-25-19)13-7-11-6-10(2)23-8-14(11)17(21)16(13)20/h6-9,22H,3-5,21H2,1-2H3. The zero-order chi connectivity index (χ0) is 17.6. The Labute approximate surface area is 145 Å². The number of aromatic nitrogens is 2. The lowest BCUT2D eigenvalue weighted by molar-refractivity contribution is 0.310. The maximum absolute atomic E-state index is 15.0. The predicted molar refractivity (Wildman–Crippen MR) is 97.4 cm³/mol. The number of hydrogen-bond donors (Lipinski definition) is 2. The number of ether oxygens (including phenoxy) is 1. The van der Waals surface area contributed by atoms with Gasteiger partial charge in [-0.25, -0.2) is 9.37 Å². The number of nitrogens with two attached hydrogens (primary N) is 1. The fourth-order valence-electron chi connectivity index (χ4n) is 3.35. The number of aryl methyl sites for hydroxylation is 1. The molecule has 5 nitrogen and oxygen atoms in total. The molecular formula is C19H19FN4O. The molecule has 6 heteroatoms. The minimum absolute atomic E-state index is 0.115. The molecule has 4 rings (SSSR count). The normalized spacial score (nSPS) is 13.2. The number of fused-ring (bicyclic) bond motifs is 2. The first-order chi connectivity index (χ1) is 12.1. The van der Waals surface area contributed by atoms with E-state index in [0.29, 0.717) is 30.0 Å². The third-order valence-corrected chi connectivity index (χ3v) is 4.57. The van der Waals surface area contributed by atoms with E-state index in [9.17, 15) is 0 Å². The first-order valence-corrected chi connectivity index (χ1v) is 8.33. The molecule has 0 atom stereocenters. The number of nitrogens with one attached hydrogen (secondary N) is 1. The molecule has 0 unspecified atom stereocenters. The topological polar surface area (TPSA) is 73.1 Å². The summed E-state index contributed by atoms with van der Waals surface area (Å²) in [6.45, 7) is 5.22. The van der Waals surface area contributed by atoms with E-state index in [1.165, 1.54) is 0 Å². The van der Waals surface area contributed by atoms with Gasteiger partial charge in [0.2, 0.25) is 5.88 Å². The lowest BCUT2D eigenvalue weighted by Crippen LogP contribution is -2.20. The minimum atomic E-state index is -0.439. The van der Waals surface area contributed by atoms with Crippen LogP contribution in [0.25, 0.3) is 21.9 Å². The molecule has 2 aromatic heterocycles. The van der Waals surface area contributed by atoms with Gasteiger partial charge in [0.15, 0.2) is 5.82 Å². The van der Waals surface area contributed by atoms with Crippen molar-refractivity contribution in [2.75, 3.05) is 24.2 Å². The molecule has 0 amide bonds. The van der Waals surface area contributed by atoms with Gasteiger partial charge in [-0.1, -0.05) is 6.92 Å². The van der Waals surface area contributed by atoms with Crippen molar-refractivity contribution in [3.05, 3.63) is 41.6 Å². The van der Waals surface area contributed by atoms with Gasteiger partial charge in [-0.3, -0.25) is 4.98 Å². The van der Waals surface area contributed by atoms with Crippen LogP contribution in [0.15, 0.2) is 24.5 Å². The van der Waals surface area contributed by atoms with Crippen molar-refractivity contribution in [3.63, 3.8) is 0 Å². The summed E-state index contributed by atoms with van der Waals surface area (Å²) in [6.07, 6.45) is 4.01. The Morgan fingerprint density at radius 3 is 2.88 bits per heavy atom. The average molecular weight is 338 g/mol. The van der Waals surface area contributed by atoms with Crippen LogP contribution in [0, 0.1) is 12.7 Å². The van der Waals surface area contributed by atoms with Crippen LogP contribution in [0.1, 0.15) is 18.2 Å². The summed E-state index contributed by atoms with van der Waals surface area (Å²) in [5.74, 6) is 0.132. The average Bonchev–Trinajstić information content (AvgIpc) is 2.63. The number of pyridine rings is 2. The maximum Gasteiger partial charge on any atom is 0.237 e. The molecule has 0 radical (unpaired) electrons. The number of anilines is 2. The molecule has 1 aliphatic rings. The Hall–Kier alpha value is -2.89. The highest BCUT2D eigenvalue weighted by atomic mass is 19.1. The Kier molecular flexibility index (Phi) is 3.67. The molecule has 0 spiro atoms. The second kappa shape index (κ2) is 5.88. The molecule has 128 valence electrons. The van der Waals surface area contributed by atoms with Crippen molar-refractivity contribution >= 4 is 22.1 Å². The summed E-state index contributed by atoms with van der Waals surface area (Å²) in [7, 11) is 0. The number of rotatable bonds is 2. The highest BCUT2D eigenvalue weighted by molar-refractivity contribution is 5.97. The van der Waals surface area contributed by atoms with Crippen molar-refractivity contribution in [2.24, 2.45) is 0 Å². The second-order valence-corrected chi connectivity index (χ2v) is 6.16. The third-order valence-electron chi connectivity index (χ3n) is 4.57. The fraction of sp³-hybridized carbons (Fsp3) is 0.263. The summed E-state index contributed by atoms with van der Waals surface area (Å²) in [4.78, 5) is 8.59. The molecular weight excluding hydrogens is 319 g/mol. The Morgan fingerprint density at radius 1 is 1.24 bits per heavy atom. The van der Waals surface area contributed by atoms with Gasteiger partial charge in [-0.15, -0.1) is 0 Å². The summed E-state index contributed by atoms with van der Waals surface area (Å²) in [6, 6.07) is 3.73. The van der Waals surface area contributed by atoms with E-state index < -0.39 is 5.82 Å². The number of hydrogen-bond acceptors (Lipinski definition) is 5. The highest BCUT2D eigenvalue weighted by Gasteiger charge is 2.22. The van der Waals surface area contributed by atoms with Gasteiger partial charge >= 0.3 is 0 Å². The van der Waals surface area contributed by atoms with Gasteiger partial charge in [-0.2, -0.15) is 0 Å². The van der Waals surface area contributed by atoms with E-state index in [4.69, 9.17) is 10.5 Å². The highest BCUT2D eigenvalue weighted by Crippen LogP contribution is 2.40. The van der Waals surface area contributed by atoms with E-state index in [1.54, 1.807) is 12.4 Å². The minimum Gasteiger partial charge on any atom is -0.474 e. The van der Waals surface area contributed by atoms with Crippen LogP contribution < -0.4 is 15.8 Å². The summed E-state index contributed by atoms with van der Waals surface area (Å²) in [5, 5.41) is 4.81. The summed E-state index contributed by atoms with van der Waals surface area (Å²) in [5.41, 5.74) is 10.0. The quantitative estimate of drug-likeness (QED) is 0.697. The predicted octanol–water partition coefficient (Wildman–Crippen LogP) is 3.69. The van der Waals surface area contributed by atoms with Crippen LogP contribution in [0.2, 0.25) is 0 Å². The van der Waals surface area contributed by atoms with Crippen LogP contribution in [-0.4, -0.2) is 23.1 Å². The van der Waals surface area contributed by atoms with Gasteiger partial charge in [0.1, 0.15) is 12.3 Å². The van der Waals surface area contributed by atoms with Gasteiger partial charge in [-0.05, 0) is 36.4 Å². The lowest BCUT2D eigenvalue weighted by Gasteiger charge is -2.23. The lowest BCUT2D eigenvalue weighted by atomic mass is 9.95. The van der Waals surface area contributed by atoms with Gasteiger partial charge in [0.25, 0.3) is 0 Å². The van der Waals surface area contributed by atoms with E-state index in [0.717, 1.165) is 34.3 Å². The molecule has 25 heavy (non-hydrogen) atoms.